The lowest BCUT2D eigenvalue weighted by molar-refractivity contribution is 0.0961. The second-order valence-electron chi connectivity index (χ2n) is 7.88. The lowest BCUT2D eigenvalue weighted by atomic mass is 10.0. The molecule has 0 radical (unpaired) electrons. The summed E-state index contributed by atoms with van der Waals surface area (Å²) in [4.78, 5) is 23.8. The van der Waals surface area contributed by atoms with E-state index in [1.54, 1.807) is 30.6 Å². The number of primary amides is 1. The third-order valence-corrected chi connectivity index (χ3v) is 5.81. The molecule has 0 bridgehead atoms. The van der Waals surface area contributed by atoms with Crippen molar-refractivity contribution in [1.82, 2.24) is 14.9 Å². The number of rotatable bonds is 5. The molecule has 30 heavy (non-hydrogen) atoms. The van der Waals surface area contributed by atoms with Gasteiger partial charge in [-0.15, -0.1) is 0 Å². The highest BCUT2D eigenvalue weighted by Gasteiger charge is 2.39. The Hall–Kier alpha value is -3.42. The van der Waals surface area contributed by atoms with Gasteiger partial charge in [0.2, 0.25) is 0 Å². The number of hydrogen-bond acceptors (Lipinski definition) is 4. The van der Waals surface area contributed by atoms with Crippen molar-refractivity contribution < 1.29 is 14.0 Å². The number of amides is 2. The average Bonchev–Trinajstić information content (AvgIpc) is 3.30. The summed E-state index contributed by atoms with van der Waals surface area (Å²) in [7, 11) is 1.58. The zero-order chi connectivity index (χ0) is 21.5. The molecule has 0 spiro atoms. The molecule has 1 saturated carbocycles. The molecule has 8 heteroatoms. The highest BCUT2D eigenvalue weighted by Crippen LogP contribution is 2.37. The van der Waals surface area contributed by atoms with Crippen molar-refractivity contribution in [3.8, 4) is 11.1 Å². The van der Waals surface area contributed by atoms with Gasteiger partial charge in [-0.1, -0.05) is 12.1 Å². The normalized spacial score (nSPS) is 21.0. The fourth-order valence-corrected chi connectivity index (χ4v) is 4.04. The number of halogens is 1. The smallest absolute Gasteiger partial charge is 0.252 e. The standard InChI is InChI=1S/C22H24FN5O2/c1-22(23)9-3-4-18(22)27-19-16(20(24)29)11-26-28-12-15(10-17(19)28)13-5-7-14(8-6-13)21(30)25-2/h5-8,10-12,18,27H,3-4,9H2,1-2H3,(H2,24,29)(H,25,30). The van der Waals surface area contributed by atoms with Gasteiger partial charge >= 0.3 is 0 Å². The number of carbonyl (C=O) groups is 2. The Morgan fingerprint density at radius 2 is 2.00 bits per heavy atom. The summed E-state index contributed by atoms with van der Waals surface area (Å²) < 4.78 is 16.5. The van der Waals surface area contributed by atoms with Crippen LogP contribution in [0.1, 0.15) is 46.9 Å². The Labute approximate surface area is 173 Å². The third-order valence-electron chi connectivity index (χ3n) is 5.81. The summed E-state index contributed by atoms with van der Waals surface area (Å²) in [6, 6.07) is 8.64. The molecule has 2 heterocycles. The zero-order valence-electron chi connectivity index (χ0n) is 16.9. The third kappa shape index (κ3) is 3.49. The molecular formula is C22H24FN5O2. The number of carbonyl (C=O) groups excluding carboxylic acids is 2. The minimum Gasteiger partial charge on any atom is -0.377 e. The van der Waals surface area contributed by atoms with Gasteiger partial charge in [-0.25, -0.2) is 8.91 Å². The minimum atomic E-state index is -1.36. The number of nitrogens with one attached hydrogen (secondary N) is 2. The van der Waals surface area contributed by atoms with Crippen molar-refractivity contribution in [1.29, 1.82) is 0 Å². The maximum absolute atomic E-state index is 14.9. The summed E-state index contributed by atoms with van der Waals surface area (Å²) in [5.41, 5.74) is 7.85. The van der Waals surface area contributed by atoms with Gasteiger partial charge in [0.05, 0.1) is 29.0 Å². The average molecular weight is 409 g/mol. The van der Waals surface area contributed by atoms with E-state index in [-0.39, 0.29) is 11.5 Å². The summed E-state index contributed by atoms with van der Waals surface area (Å²) in [5, 5.41) is 10.1. The van der Waals surface area contributed by atoms with E-state index in [0.29, 0.717) is 29.6 Å². The first-order valence-corrected chi connectivity index (χ1v) is 9.89. The van der Waals surface area contributed by atoms with Crippen LogP contribution in [0, 0.1) is 0 Å². The summed E-state index contributed by atoms with van der Waals surface area (Å²) >= 11 is 0. The first-order chi connectivity index (χ1) is 14.3. The Balaban J connectivity index is 1.77. The number of aromatic nitrogens is 2. The van der Waals surface area contributed by atoms with Crippen LogP contribution in [0.4, 0.5) is 10.1 Å². The zero-order valence-corrected chi connectivity index (χ0v) is 16.9. The van der Waals surface area contributed by atoms with E-state index in [9.17, 15) is 14.0 Å². The van der Waals surface area contributed by atoms with Crippen LogP contribution in [0.3, 0.4) is 0 Å². The Morgan fingerprint density at radius 3 is 2.60 bits per heavy atom. The quantitative estimate of drug-likeness (QED) is 0.602. The minimum absolute atomic E-state index is 0.159. The van der Waals surface area contributed by atoms with Crippen molar-refractivity contribution in [2.45, 2.75) is 37.9 Å². The van der Waals surface area contributed by atoms with Gasteiger partial charge in [0, 0.05) is 24.4 Å². The summed E-state index contributed by atoms with van der Waals surface area (Å²) in [5.74, 6) is -0.780. The molecule has 7 nitrogen and oxygen atoms in total. The monoisotopic (exact) mass is 409 g/mol. The topological polar surface area (TPSA) is 102 Å². The number of nitrogens with two attached hydrogens (primary N) is 1. The Morgan fingerprint density at radius 1 is 1.27 bits per heavy atom. The second-order valence-corrected chi connectivity index (χ2v) is 7.88. The number of alkyl halides is 1. The molecule has 156 valence electrons. The molecule has 3 aromatic rings. The van der Waals surface area contributed by atoms with Crippen LogP contribution in [0.2, 0.25) is 0 Å². The van der Waals surface area contributed by atoms with E-state index in [1.807, 2.05) is 24.4 Å². The maximum Gasteiger partial charge on any atom is 0.252 e. The highest BCUT2D eigenvalue weighted by molar-refractivity contribution is 6.02. The van der Waals surface area contributed by atoms with E-state index >= 15 is 0 Å². The van der Waals surface area contributed by atoms with Crippen molar-refractivity contribution in [3.05, 3.63) is 53.9 Å². The molecule has 2 aromatic heterocycles. The Bertz CT molecular complexity index is 1120. The van der Waals surface area contributed by atoms with E-state index in [2.05, 4.69) is 15.7 Å². The van der Waals surface area contributed by atoms with Crippen LogP contribution in [0.5, 0.6) is 0 Å². The van der Waals surface area contributed by atoms with Crippen molar-refractivity contribution in [2.24, 2.45) is 5.73 Å². The van der Waals surface area contributed by atoms with Crippen molar-refractivity contribution >= 4 is 23.0 Å². The van der Waals surface area contributed by atoms with E-state index in [0.717, 1.165) is 17.5 Å². The van der Waals surface area contributed by atoms with Crippen molar-refractivity contribution in [2.75, 3.05) is 12.4 Å². The van der Waals surface area contributed by atoms with Crippen LogP contribution in [-0.4, -0.2) is 40.2 Å². The molecule has 4 rings (SSSR count). The van der Waals surface area contributed by atoms with Gasteiger partial charge in [0.1, 0.15) is 5.67 Å². The van der Waals surface area contributed by atoms with Gasteiger partial charge in [-0.05, 0) is 49.9 Å². The van der Waals surface area contributed by atoms with E-state index < -0.39 is 17.6 Å². The van der Waals surface area contributed by atoms with Crippen LogP contribution >= 0.6 is 0 Å². The van der Waals surface area contributed by atoms with Crippen LogP contribution < -0.4 is 16.4 Å². The molecule has 2 amide bonds. The molecule has 1 aliphatic carbocycles. The molecular weight excluding hydrogens is 385 g/mol. The number of hydrogen-bond donors (Lipinski definition) is 3. The van der Waals surface area contributed by atoms with Gasteiger partial charge in [-0.3, -0.25) is 9.59 Å². The van der Waals surface area contributed by atoms with Crippen molar-refractivity contribution in [3.63, 3.8) is 0 Å². The highest BCUT2D eigenvalue weighted by atomic mass is 19.1. The second kappa shape index (κ2) is 7.44. The number of fused-ring (bicyclic) bond motifs is 1. The number of anilines is 1. The molecule has 0 saturated heterocycles. The van der Waals surface area contributed by atoms with Gasteiger partial charge in [-0.2, -0.15) is 5.10 Å². The lowest BCUT2D eigenvalue weighted by Gasteiger charge is -2.26. The molecule has 1 aliphatic rings. The van der Waals surface area contributed by atoms with E-state index in [4.69, 9.17) is 5.73 Å². The Kier molecular flexibility index (Phi) is 4.93. The molecule has 0 aliphatic heterocycles. The number of nitrogens with zero attached hydrogens (tertiary/aromatic N) is 2. The molecule has 2 atom stereocenters. The largest absolute Gasteiger partial charge is 0.377 e. The van der Waals surface area contributed by atoms with Gasteiger partial charge in [0.25, 0.3) is 11.8 Å². The first-order valence-electron chi connectivity index (χ1n) is 9.89. The maximum atomic E-state index is 14.9. The predicted octanol–water partition coefficient (Wildman–Crippen LogP) is 3.15. The summed E-state index contributed by atoms with van der Waals surface area (Å²) in [6.45, 7) is 1.58. The van der Waals surface area contributed by atoms with E-state index in [1.165, 1.54) is 6.20 Å². The molecule has 1 fully saturated rings. The predicted molar refractivity (Wildman–Crippen MR) is 113 cm³/mol. The molecule has 2 unspecified atom stereocenters. The number of benzene rings is 1. The van der Waals surface area contributed by atoms with Gasteiger partial charge in [0.15, 0.2) is 0 Å². The first kappa shape index (κ1) is 19.9. The molecule has 1 aromatic carbocycles. The van der Waals surface area contributed by atoms with Crippen LogP contribution in [-0.2, 0) is 0 Å². The van der Waals surface area contributed by atoms with Crippen LogP contribution in [0.25, 0.3) is 16.6 Å². The SMILES string of the molecule is CNC(=O)c1ccc(-c2cc3c(NC4CCCC4(C)F)c(C(N)=O)cnn3c2)cc1. The molecule has 4 N–H and O–H groups in total. The van der Waals surface area contributed by atoms with Crippen LogP contribution in [0.15, 0.2) is 42.7 Å². The lowest BCUT2D eigenvalue weighted by Crippen LogP contribution is -2.36. The fraction of sp³-hybridized carbons (Fsp3) is 0.318. The van der Waals surface area contributed by atoms with Gasteiger partial charge < -0.3 is 16.4 Å². The summed E-state index contributed by atoms with van der Waals surface area (Å²) in [6.07, 6.45) is 5.15. The fourth-order valence-electron chi connectivity index (χ4n) is 4.04.